The molecule has 146 valence electrons. The second-order valence-corrected chi connectivity index (χ2v) is 6.11. The fraction of sp³-hybridized carbons (Fsp3) is 0.190. The third-order valence-corrected chi connectivity index (χ3v) is 4.09. The molecule has 0 saturated carbocycles. The van der Waals surface area contributed by atoms with Crippen LogP contribution in [0, 0.1) is 0 Å². The van der Waals surface area contributed by atoms with Crippen LogP contribution in [0.2, 0.25) is 0 Å². The molecule has 4 N–H and O–H groups in total. The molecule has 1 aromatic rings. The van der Waals surface area contributed by atoms with Gasteiger partial charge in [-0.25, -0.2) is 5.01 Å². The second-order valence-electron chi connectivity index (χ2n) is 6.11. The van der Waals surface area contributed by atoms with E-state index in [9.17, 15) is 9.59 Å². The third-order valence-electron chi connectivity index (χ3n) is 4.09. The highest BCUT2D eigenvalue weighted by molar-refractivity contribution is 6.13. The molecule has 0 atom stereocenters. The van der Waals surface area contributed by atoms with Gasteiger partial charge in [0.1, 0.15) is 0 Å². The minimum absolute atomic E-state index is 0.135. The molecule has 28 heavy (non-hydrogen) atoms. The summed E-state index contributed by atoms with van der Waals surface area (Å²) in [6, 6.07) is 5.24. The van der Waals surface area contributed by atoms with Crippen LogP contribution >= 0.6 is 0 Å². The van der Waals surface area contributed by atoms with Gasteiger partial charge in [-0.2, -0.15) is 5.10 Å². The summed E-state index contributed by atoms with van der Waals surface area (Å²) >= 11 is 0. The van der Waals surface area contributed by atoms with E-state index in [1.807, 2.05) is 19.1 Å². The maximum atomic E-state index is 12.1. The first kappa shape index (κ1) is 20.7. The predicted molar refractivity (Wildman–Crippen MR) is 114 cm³/mol. The van der Waals surface area contributed by atoms with Gasteiger partial charge in [0.15, 0.2) is 6.29 Å². The maximum Gasteiger partial charge on any atom is 0.224 e. The van der Waals surface area contributed by atoms with Crippen LogP contribution < -0.4 is 16.4 Å². The van der Waals surface area contributed by atoms with Crippen molar-refractivity contribution in [2.24, 2.45) is 10.8 Å². The quantitative estimate of drug-likeness (QED) is 0.249. The summed E-state index contributed by atoms with van der Waals surface area (Å²) in [6.45, 7) is 7.44. The first-order valence-corrected chi connectivity index (χ1v) is 8.88. The minimum atomic E-state index is -0.135. The van der Waals surface area contributed by atoms with Crippen molar-refractivity contribution in [3.05, 3.63) is 66.0 Å². The molecule has 1 heterocycles. The van der Waals surface area contributed by atoms with Gasteiger partial charge in [-0.15, -0.1) is 0 Å². The van der Waals surface area contributed by atoms with Crippen LogP contribution in [0.1, 0.15) is 25.8 Å². The number of hydrogen-bond donors (Lipinski definition) is 2. The molecule has 0 fully saturated rings. The standard InChI is InChI=1S/C21H25N5O2/c1-4-6-8-17(7-5-2)26(24-11-12-27)21-18-13-16(22)9-10-20(18)25(15(3)28)14-19(21)23/h5-13H,2,4,14,22-23H2,1,3H3/b8-6-,17-7+,24-11+. The van der Waals surface area contributed by atoms with Crippen LogP contribution in [0.4, 0.5) is 11.4 Å². The first-order chi connectivity index (χ1) is 13.4. The molecule has 1 aliphatic heterocycles. The normalized spacial score (nSPS) is 14.5. The molecule has 1 aliphatic rings. The number of nitrogens with zero attached hydrogens (tertiary/aromatic N) is 3. The van der Waals surface area contributed by atoms with Gasteiger partial charge >= 0.3 is 0 Å². The Kier molecular flexibility index (Phi) is 6.92. The van der Waals surface area contributed by atoms with E-state index >= 15 is 0 Å². The summed E-state index contributed by atoms with van der Waals surface area (Å²) < 4.78 is 0. The van der Waals surface area contributed by atoms with E-state index in [-0.39, 0.29) is 12.5 Å². The highest BCUT2D eigenvalue weighted by atomic mass is 16.2. The predicted octanol–water partition coefficient (Wildman–Crippen LogP) is 2.79. The van der Waals surface area contributed by atoms with Crippen molar-refractivity contribution in [2.75, 3.05) is 17.2 Å². The average Bonchev–Trinajstić information content (AvgIpc) is 2.66. The summed E-state index contributed by atoms with van der Waals surface area (Å²) in [5.74, 6) is -0.135. The Bertz CT molecular complexity index is 896. The largest absolute Gasteiger partial charge is 0.399 e. The Balaban J connectivity index is 2.74. The number of nitrogen functional groups attached to an aromatic ring is 1. The van der Waals surface area contributed by atoms with Gasteiger partial charge in [0.2, 0.25) is 5.91 Å². The van der Waals surface area contributed by atoms with Crippen LogP contribution in [0.25, 0.3) is 5.70 Å². The smallest absolute Gasteiger partial charge is 0.224 e. The Morgan fingerprint density at radius 1 is 1.39 bits per heavy atom. The van der Waals surface area contributed by atoms with E-state index in [4.69, 9.17) is 11.5 Å². The number of carbonyl (C=O) groups is 2. The molecular formula is C21H25N5O2. The average molecular weight is 379 g/mol. The molecule has 7 heteroatoms. The van der Waals surface area contributed by atoms with Gasteiger partial charge in [0.05, 0.1) is 35.5 Å². The first-order valence-electron chi connectivity index (χ1n) is 8.88. The van der Waals surface area contributed by atoms with Crippen molar-refractivity contribution in [3.8, 4) is 0 Å². The zero-order valence-corrected chi connectivity index (χ0v) is 16.1. The second kappa shape index (κ2) is 9.36. The molecule has 0 radical (unpaired) electrons. The van der Waals surface area contributed by atoms with E-state index in [0.717, 1.165) is 12.6 Å². The van der Waals surface area contributed by atoms with Gasteiger partial charge in [-0.3, -0.25) is 9.59 Å². The molecule has 0 bridgehead atoms. The van der Waals surface area contributed by atoms with Crippen molar-refractivity contribution in [2.45, 2.75) is 20.3 Å². The summed E-state index contributed by atoms with van der Waals surface area (Å²) in [5, 5.41) is 5.84. The van der Waals surface area contributed by atoms with Crippen LogP contribution in [0.3, 0.4) is 0 Å². The van der Waals surface area contributed by atoms with E-state index in [0.29, 0.717) is 40.3 Å². The number of rotatable bonds is 7. The lowest BCUT2D eigenvalue weighted by Crippen LogP contribution is -2.38. The molecule has 2 rings (SSSR count). The number of allylic oxidation sites excluding steroid dienone is 4. The molecule has 0 unspecified atom stereocenters. The third kappa shape index (κ3) is 4.37. The van der Waals surface area contributed by atoms with Crippen molar-refractivity contribution >= 4 is 35.5 Å². The summed E-state index contributed by atoms with van der Waals surface area (Å²) in [7, 11) is 0. The van der Waals surface area contributed by atoms with Crippen molar-refractivity contribution in [1.29, 1.82) is 0 Å². The molecule has 0 spiro atoms. The molecule has 0 aromatic heterocycles. The zero-order valence-electron chi connectivity index (χ0n) is 16.1. The maximum absolute atomic E-state index is 12.1. The highest BCUT2D eigenvalue weighted by Crippen LogP contribution is 2.38. The fourth-order valence-electron chi connectivity index (χ4n) is 2.92. The fourth-order valence-corrected chi connectivity index (χ4v) is 2.92. The summed E-state index contributed by atoms with van der Waals surface area (Å²) in [6.07, 6.45) is 9.76. The zero-order chi connectivity index (χ0) is 20.7. The molecule has 1 amide bonds. The van der Waals surface area contributed by atoms with Crippen LogP contribution in [0.15, 0.2) is 65.6 Å². The summed E-state index contributed by atoms with van der Waals surface area (Å²) in [5.41, 5.74) is 15.9. The molecule has 7 nitrogen and oxygen atoms in total. The Hall–Kier alpha value is -3.61. The highest BCUT2D eigenvalue weighted by Gasteiger charge is 2.29. The van der Waals surface area contributed by atoms with Crippen molar-refractivity contribution < 1.29 is 9.59 Å². The number of benzene rings is 1. The van der Waals surface area contributed by atoms with E-state index in [1.54, 1.807) is 40.3 Å². The van der Waals surface area contributed by atoms with Crippen LogP contribution in [0.5, 0.6) is 0 Å². The van der Waals surface area contributed by atoms with Gasteiger partial charge in [-0.1, -0.05) is 25.7 Å². The van der Waals surface area contributed by atoms with E-state index in [1.165, 1.54) is 6.92 Å². The van der Waals surface area contributed by atoms with Gasteiger partial charge in [-0.05, 0) is 36.8 Å². The van der Waals surface area contributed by atoms with E-state index in [2.05, 4.69) is 11.7 Å². The number of nitrogens with two attached hydrogens (primary N) is 2. The minimum Gasteiger partial charge on any atom is -0.399 e. The number of hydrazone groups is 1. The Morgan fingerprint density at radius 2 is 2.14 bits per heavy atom. The Labute approximate surface area is 165 Å². The topological polar surface area (TPSA) is 105 Å². The van der Waals surface area contributed by atoms with Gasteiger partial charge in [0.25, 0.3) is 0 Å². The summed E-state index contributed by atoms with van der Waals surface area (Å²) in [4.78, 5) is 24.6. The van der Waals surface area contributed by atoms with Crippen LogP contribution in [-0.2, 0) is 9.59 Å². The number of aldehydes is 1. The number of carbonyl (C=O) groups excluding carboxylic acids is 2. The monoisotopic (exact) mass is 379 g/mol. The Morgan fingerprint density at radius 3 is 2.75 bits per heavy atom. The molecule has 1 aromatic carbocycles. The molecule has 0 aliphatic carbocycles. The molecule has 0 saturated heterocycles. The SMILES string of the molecule is C=C/C=C(\C=C/CC)N(/N=C/C=O)C1=C(N)CN(C(C)=O)c2ccc(N)cc21. The van der Waals surface area contributed by atoms with Crippen LogP contribution in [-0.4, -0.2) is 30.0 Å². The van der Waals surface area contributed by atoms with E-state index < -0.39 is 0 Å². The lowest BCUT2D eigenvalue weighted by atomic mass is 10.0. The lowest BCUT2D eigenvalue weighted by molar-refractivity contribution is -0.116. The van der Waals surface area contributed by atoms with Crippen molar-refractivity contribution in [1.82, 2.24) is 5.01 Å². The van der Waals surface area contributed by atoms with Crippen molar-refractivity contribution in [3.63, 3.8) is 0 Å². The number of hydrogen-bond acceptors (Lipinski definition) is 6. The lowest BCUT2D eigenvalue weighted by Gasteiger charge is -2.35. The van der Waals surface area contributed by atoms with Gasteiger partial charge in [0, 0.05) is 18.2 Å². The number of fused-ring (bicyclic) bond motifs is 1. The molecular weight excluding hydrogens is 354 g/mol. The van der Waals surface area contributed by atoms with Gasteiger partial charge < -0.3 is 16.4 Å². The number of anilines is 2. The number of amides is 1.